The smallest absolute Gasteiger partial charge is 0.407 e. The molecule has 1 amide bonds. The van der Waals surface area contributed by atoms with E-state index >= 15 is 0 Å². The van der Waals surface area contributed by atoms with Gasteiger partial charge in [-0.1, -0.05) is 12.1 Å². The molecule has 1 aromatic carbocycles. The molecule has 2 rings (SSSR count). The number of ketones is 1. The molecule has 5 heteroatoms. The van der Waals surface area contributed by atoms with Gasteiger partial charge in [0.15, 0.2) is 5.78 Å². The highest BCUT2D eigenvalue weighted by Gasteiger charge is 2.32. The van der Waals surface area contributed by atoms with E-state index in [4.69, 9.17) is 9.84 Å². The van der Waals surface area contributed by atoms with Crippen molar-refractivity contribution in [3.63, 3.8) is 0 Å². The summed E-state index contributed by atoms with van der Waals surface area (Å²) in [5.74, 6) is 0.449. The summed E-state index contributed by atoms with van der Waals surface area (Å²) >= 11 is 0. The van der Waals surface area contributed by atoms with E-state index in [1.165, 1.54) is 12.0 Å². The predicted octanol–water partition coefficient (Wildman–Crippen LogP) is 2.41. The van der Waals surface area contributed by atoms with Crippen LogP contribution in [0.1, 0.15) is 29.6 Å². The molecule has 1 saturated heterocycles. The molecule has 0 unspecified atom stereocenters. The van der Waals surface area contributed by atoms with E-state index in [0.29, 0.717) is 24.3 Å². The molecule has 1 fully saturated rings. The van der Waals surface area contributed by atoms with Crippen molar-refractivity contribution in [1.82, 2.24) is 4.90 Å². The number of ether oxygens (including phenoxy) is 1. The lowest BCUT2D eigenvalue weighted by molar-refractivity contribution is 0.0714. The summed E-state index contributed by atoms with van der Waals surface area (Å²) in [4.78, 5) is 24.8. The summed E-state index contributed by atoms with van der Waals surface area (Å²) in [6, 6.07) is 6.27. The Bertz CT molecular complexity index is 486. The van der Waals surface area contributed by atoms with E-state index < -0.39 is 12.1 Å². The predicted molar refractivity (Wildman–Crippen MR) is 69.7 cm³/mol. The van der Waals surface area contributed by atoms with Crippen LogP contribution in [0.2, 0.25) is 0 Å². The van der Waals surface area contributed by atoms with Gasteiger partial charge in [-0.25, -0.2) is 4.79 Å². The topological polar surface area (TPSA) is 66.8 Å². The lowest BCUT2D eigenvalue weighted by atomic mass is 9.94. The van der Waals surface area contributed by atoms with Crippen molar-refractivity contribution >= 4 is 11.9 Å². The standard InChI is InChI=1S/C14H17NO4/c1-19-11-6-4-5-10(9-11)13(16)12-7-2-3-8-15(12)14(17)18/h4-6,9,12H,2-3,7-8H2,1H3,(H,17,18)/t12-/m0/s1. The van der Waals surface area contributed by atoms with Crippen molar-refractivity contribution in [1.29, 1.82) is 0 Å². The van der Waals surface area contributed by atoms with Gasteiger partial charge in [-0.15, -0.1) is 0 Å². The first-order chi connectivity index (χ1) is 9.13. The molecule has 0 aromatic heterocycles. The Morgan fingerprint density at radius 3 is 2.84 bits per heavy atom. The summed E-state index contributed by atoms with van der Waals surface area (Å²) in [6.45, 7) is 0.426. The third-order valence-electron chi connectivity index (χ3n) is 3.41. The zero-order valence-electron chi connectivity index (χ0n) is 10.8. The van der Waals surface area contributed by atoms with Gasteiger partial charge < -0.3 is 9.84 Å². The first-order valence-electron chi connectivity index (χ1n) is 6.31. The number of methoxy groups -OCH3 is 1. The van der Waals surface area contributed by atoms with Crippen LogP contribution < -0.4 is 4.74 Å². The number of hydrogen-bond donors (Lipinski definition) is 1. The third kappa shape index (κ3) is 2.86. The van der Waals surface area contributed by atoms with E-state index in [-0.39, 0.29) is 5.78 Å². The fraction of sp³-hybridized carbons (Fsp3) is 0.429. The number of carbonyl (C=O) groups excluding carboxylic acids is 1. The maximum atomic E-state index is 12.4. The van der Waals surface area contributed by atoms with Crippen LogP contribution in [0.25, 0.3) is 0 Å². The molecule has 19 heavy (non-hydrogen) atoms. The van der Waals surface area contributed by atoms with Crippen molar-refractivity contribution in [2.75, 3.05) is 13.7 Å². The monoisotopic (exact) mass is 263 g/mol. The van der Waals surface area contributed by atoms with Gasteiger partial charge in [-0.05, 0) is 31.4 Å². The Balaban J connectivity index is 2.23. The molecule has 0 aliphatic carbocycles. The minimum Gasteiger partial charge on any atom is -0.497 e. The molecule has 0 radical (unpaired) electrons. The van der Waals surface area contributed by atoms with E-state index in [0.717, 1.165) is 12.8 Å². The van der Waals surface area contributed by atoms with Crippen LogP contribution in [0.5, 0.6) is 5.75 Å². The van der Waals surface area contributed by atoms with Crippen LogP contribution in [0, 0.1) is 0 Å². The van der Waals surface area contributed by atoms with Crippen LogP contribution >= 0.6 is 0 Å². The second-order valence-electron chi connectivity index (χ2n) is 4.58. The SMILES string of the molecule is COc1cccc(C(=O)[C@@H]2CCCCN2C(=O)O)c1. The Morgan fingerprint density at radius 2 is 2.16 bits per heavy atom. The molecule has 5 nitrogen and oxygen atoms in total. The van der Waals surface area contributed by atoms with Gasteiger partial charge in [0.1, 0.15) is 5.75 Å². The van der Waals surface area contributed by atoms with Crippen LogP contribution in [0.4, 0.5) is 4.79 Å². The van der Waals surface area contributed by atoms with Gasteiger partial charge in [0, 0.05) is 12.1 Å². The number of amides is 1. The van der Waals surface area contributed by atoms with Gasteiger partial charge in [0.25, 0.3) is 0 Å². The highest BCUT2D eigenvalue weighted by Crippen LogP contribution is 2.22. The normalized spacial score (nSPS) is 19.0. The molecule has 1 atom stereocenters. The van der Waals surface area contributed by atoms with E-state index in [1.807, 2.05) is 0 Å². The first kappa shape index (κ1) is 13.4. The lowest BCUT2D eigenvalue weighted by Gasteiger charge is -2.32. The fourth-order valence-electron chi connectivity index (χ4n) is 2.40. The number of rotatable bonds is 3. The van der Waals surface area contributed by atoms with Gasteiger partial charge in [0.2, 0.25) is 0 Å². The summed E-state index contributed by atoms with van der Waals surface area (Å²) in [5.41, 5.74) is 0.498. The molecule has 1 aromatic rings. The van der Waals surface area contributed by atoms with Crippen LogP contribution in [-0.4, -0.2) is 41.6 Å². The Kier molecular flexibility index (Phi) is 4.04. The molecule has 1 heterocycles. The van der Waals surface area contributed by atoms with Gasteiger partial charge in [-0.2, -0.15) is 0 Å². The molecule has 1 N–H and O–H groups in total. The van der Waals surface area contributed by atoms with Crippen molar-refractivity contribution in [3.05, 3.63) is 29.8 Å². The van der Waals surface area contributed by atoms with Crippen molar-refractivity contribution in [2.24, 2.45) is 0 Å². The van der Waals surface area contributed by atoms with Crippen molar-refractivity contribution in [2.45, 2.75) is 25.3 Å². The molecular formula is C14H17NO4. The minimum atomic E-state index is -1.03. The number of Topliss-reactive ketones (excluding diaryl/α,β-unsaturated/α-hetero) is 1. The average Bonchev–Trinajstić information content (AvgIpc) is 2.46. The largest absolute Gasteiger partial charge is 0.497 e. The molecule has 102 valence electrons. The number of benzene rings is 1. The average molecular weight is 263 g/mol. The number of likely N-dealkylation sites (tertiary alicyclic amines) is 1. The Labute approximate surface area is 111 Å². The Hall–Kier alpha value is -2.04. The second-order valence-corrected chi connectivity index (χ2v) is 4.58. The highest BCUT2D eigenvalue weighted by atomic mass is 16.5. The third-order valence-corrected chi connectivity index (χ3v) is 3.41. The number of carboxylic acid groups (broad SMARTS) is 1. The minimum absolute atomic E-state index is 0.152. The number of carbonyl (C=O) groups is 2. The molecule has 0 saturated carbocycles. The quantitative estimate of drug-likeness (QED) is 0.850. The van der Waals surface area contributed by atoms with Crippen molar-refractivity contribution in [3.8, 4) is 5.75 Å². The molecule has 1 aliphatic rings. The molecule has 0 spiro atoms. The number of hydrogen-bond acceptors (Lipinski definition) is 3. The van der Waals surface area contributed by atoms with Crippen LogP contribution in [0.15, 0.2) is 24.3 Å². The van der Waals surface area contributed by atoms with E-state index in [9.17, 15) is 9.59 Å². The number of piperidine rings is 1. The Morgan fingerprint density at radius 1 is 1.37 bits per heavy atom. The maximum absolute atomic E-state index is 12.4. The molecule has 0 bridgehead atoms. The summed E-state index contributed by atoms with van der Waals surface area (Å²) < 4.78 is 5.08. The first-order valence-corrected chi connectivity index (χ1v) is 6.31. The number of nitrogens with zero attached hydrogens (tertiary/aromatic N) is 1. The zero-order valence-corrected chi connectivity index (χ0v) is 10.8. The van der Waals surface area contributed by atoms with Gasteiger partial charge in [0.05, 0.1) is 13.2 Å². The second kappa shape index (κ2) is 5.73. The zero-order chi connectivity index (χ0) is 13.8. The van der Waals surface area contributed by atoms with Gasteiger partial charge in [-0.3, -0.25) is 9.69 Å². The van der Waals surface area contributed by atoms with Gasteiger partial charge >= 0.3 is 6.09 Å². The van der Waals surface area contributed by atoms with Crippen LogP contribution in [0.3, 0.4) is 0 Å². The van der Waals surface area contributed by atoms with Crippen molar-refractivity contribution < 1.29 is 19.4 Å². The molecular weight excluding hydrogens is 246 g/mol. The summed E-state index contributed by atoms with van der Waals surface area (Å²) in [7, 11) is 1.54. The highest BCUT2D eigenvalue weighted by molar-refractivity contribution is 6.01. The lowest BCUT2D eigenvalue weighted by Crippen LogP contribution is -2.47. The fourth-order valence-corrected chi connectivity index (χ4v) is 2.40. The van der Waals surface area contributed by atoms with E-state index in [2.05, 4.69) is 0 Å². The summed E-state index contributed by atoms with van der Waals surface area (Å²) in [5, 5.41) is 9.15. The molecule has 1 aliphatic heterocycles. The van der Waals surface area contributed by atoms with Crippen LogP contribution in [-0.2, 0) is 0 Å². The van der Waals surface area contributed by atoms with E-state index in [1.54, 1.807) is 24.3 Å². The maximum Gasteiger partial charge on any atom is 0.407 e. The summed E-state index contributed by atoms with van der Waals surface area (Å²) in [6.07, 6.45) is 1.25.